The molecule has 4 heteroatoms. The van der Waals surface area contributed by atoms with Crippen LogP contribution in [0.25, 0.3) is 0 Å². The average molecular weight is 290 g/mol. The molecule has 0 amide bonds. The molecular formula is C17H26N2O2. The summed E-state index contributed by atoms with van der Waals surface area (Å²) >= 11 is 0. The van der Waals surface area contributed by atoms with Crippen LogP contribution in [0.4, 0.5) is 0 Å². The maximum Gasteiger partial charge on any atom is 0.331 e. The lowest BCUT2D eigenvalue weighted by Crippen LogP contribution is -2.57. The topological polar surface area (TPSA) is 55.6 Å². The second kappa shape index (κ2) is 6.58. The SMILES string of the molecule is COC(=O)C(N)(CN1CCCC(C)C1C)c1ccccc1. The molecule has 1 saturated heterocycles. The van der Waals surface area contributed by atoms with Crippen molar-refractivity contribution >= 4 is 5.97 Å². The zero-order chi connectivity index (χ0) is 15.5. The van der Waals surface area contributed by atoms with E-state index in [-0.39, 0.29) is 5.97 Å². The molecule has 4 nitrogen and oxygen atoms in total. The van der Waals surface area contributed by atoms with E-state index in [1.165, 1.54) is 13.5 Å². The fourth-order valence-corrected chi connectivity index (χ4v) is 3.16. The van der Waals surface area contributed by atoms with Crippen molar-refractivity contribution < 1.29 is 9.53 Å². The minimum absolute atomic E-state index is 0.376. The molecule has 1 aliphatic rings. The van der Waals surface area contributed by atoms with Gasteiger partial charge in [-0.1, -0.05) is 37.3 Å². The predicted molar refractivity (Wildman–Crippen MR) is 83.8 cm³/mol. The molecule has 1 aliphatic heterocycles. The van der Waals surface area contributed by atoms with Crippen LogP contribution in [-0.4, -0.2) is 37.1 Å². The molecule has 2 rings (SSSR count). The van der Waals surface area contributed by atoms with Crippen molar-refractivity contribution in [2.45, 2.75) is 38.3 Å². The molecule has 21 heavy (non-hydrogen) atoms. The Morgan fingerprint density at radius 3 is 2.67 bits per heavy atom. The number of hydrogen-bond donors (Lipinski definition) is 1. The molecule has 0 bridgehead atoms. The number of benzene rings is 1. The van der Waals surface area contributed by atoms with Gasteiger partial charge in [0.1, 0.15) is 0 Å². The summed E-state index contributed by atoms with van der Waals surface area (Å²) in [5, 5.41) is 0. The first-order chi connectivity index (χ1) is 9.99. The summed E-state index contributed by atoms with van der Waals surface area (Å²) in [5.74, 6) is 0.246. The van der Waals surface area contributed by atoms with Crippen molar-refractivity contribution in [3.8, 4) is 0 Å². The van der Waals surface area contributed by atoms with Crippen LogP contribution in [0.1, 0.15) is 32.3 Å². The highest BCUT2D eigenvalue weighted by Crippen LogP contribution is 2.28. The van der Waals surface area contributed by atoms with Crippen molar-refractivity contribution in [3.05, 3.63) is 35.9 Å². The molecule has 0 saturated carbocycles. The van der Waals surface area contributed by atoms with E-state index >= 15 is 0 Å². The molecule has 1 heterocycles. The fraction of sp³-hybridized carbons (Fsp3) is 0.588. The number of hydrogen-bond acceptors (Lipinski definition) is 4. The fourth-order valence-electron chi connectivity index (χ4n) is 3.16. The van der Waals surface area contributed by atoms with Gasteiger partial charge >= 0.3 is 5.97 Å². The third-order valence-corrected chi connectivity index (χ3v) is 4.80. The lowest BCUT2D eigenvalue weighted by Gasteiger charge is -2.42. The highest BCUT2D eigenvalue weighted by Gasteiger charge is 2.41. The summed E-state index contributed by atoms with van der Waals surface area (Å²) in [4.78, 5) is 14.6. The van der Waals surface area contributed by atoms with Gasteiger partial charge in [-0.3, -0.25) is 4.90 Å². The van der Waals surface area contributed by atoms with E-state index in [4.69, 9.17) is 10.5 Å². The molecule has 0 aromatic heterocycles. The Bertz CT molecular complexity index is 477. The van der Waals surface area contributed by atoms with E-state index in [0.29, 0.717) is 18.5 Å². The van der Waals surface area contributed by atoms with E-state index in [1.54, 1.807) is 0 Å². The molecule has 1 fully saturated rings. The van der Waals surface area contributed by atoms with Crippen molar-refractivity contribution in [1.29, 1.82) is 0 Å². The van der Waals surface area contributed by atoms with Crippen LogP contribution in [0.3, 0.4) is 0 Å². The van der Waals surface area contributed by atoms with Crippen LogP contribution < -0.4 is 5.73 Å². The number of likely N-dealkylation sites (tertiary alicyclic amines) is 1. The summed E-state index contributed by atoms with van der Waals surface area (Å²) < 4.78 is 4.98. The third kappa shape index (κ3) is 3.27. The van der Waals surface area contributed by atoms with Crippen LogP contribution in [-0.2, 0) is 15.1 Å². The molecule has 1 aromatic carbocycles. The van der Waals surface area contributed by atoms with Crippen LogP contribution in [0, 0.1) is 5.92 Å². The van der Waals surface area contributed by atoms with Gasteiger partial charge in [0, 0.05) is 12.6 Å². The molecule has 3 atom stereocenters. The summed E-state index contributed by atoms with van der Waals surface area (Å²) in [6.07, 6.45) is 2.39. The molecule has 2 N–H and O–H groups in total. The number of esters is 1. The van der Waals surface area contributed by atoms with E-state index in [1.807, 2.05) is 30.3 Å². The van der Waals surface area contributed by atoms with Gasteiger partial charge in [-0.15, -0.1) is 0 Å². The molecule has 0 spiro atoms. The van der Waals surface area contributed by atoms with Crippen molar-refractivity contribution in [3.63, 3.8) is 0 Å². The normalized spacial score (nSPS) is 26.1. The second-order valence-electron chi connectivity index (χ2n) is 6.16. The Morgan fingerprint density at radius 2 is 2.05 bits per heavy atom. The first kappa shape index (κ1) is 16.0. The first-order valence-corrected chi connectivity index (χ1v) is 7.66. The molecule has 0 radical (unpaired) electrons. The van der Waals surface area contributed by atoms with Crippen LogP contribution in [0.5, 0.6) is 0 Å². The van der Waals surface area contributed by atoms with E-state index < -0.39 is 5.54 Å². The number of carbonyl (C=O) groups excluding carboxylic acids is 1. The minimum Gasteiger partial charge on any atom is -0.467 e. The van der Waals surface area contributed by atoms with Gasteiger partial charge < -0.3 is 10.5 Å². The number of carbonyl (C=O) groups is 1. The maximum absolute atomic E-state index is 12.3. The minimum atomic E-state index is -1.11. The largest absolute Gasteiger partial charge is 0.467 e. The smallest absolute Gasteiger partial charge is 0.331 e. The van der Waals surface area contributed by atoms with Gasteiger partial charge in [0.25, 0.3) is 0 Å². The van der Waals surface area contributed by atoms with E-state index in [9.17, 15) is 4.79 Å². The Labute approximate surface area is 127 Å². The first-order valence-electron chi connectivity index (χ1n) is 7.66. The van der Waals surface area contributed by atoms with Gasteiger partial charge in [-0.25, -0.2) is 4.79 Å². The van der Waals surface area contributed by atoms with E-state index in [2.05, 4.69) is 18.7 Å². The molecular weight excluding hydrogens is 264 g/mol. The number of methoxy groups -OCH3 is 1. The van der Waals surface area contributed by atoms with E-state index in [0.717, 1.165) is 18.5 Å². The maximum atomic E-state index is 12.3. The van der Waals surface area contributed by atoms with Crippen LogP contribution in [0.15, 0.2) is 30.3 Å². The van der Waals surface area contributed by atoms with Gasteiger partial charge in [-0.2, -0.15) is 0 Å². The second-order valence-corrected chi connectivity index (χ2v) is 6.16. The van der Waals surface area contributed by atoms with Crippen molar-refractivity contribution in [2.75, 3.05) is 20.2 Å². The molecule has 3 unspecified atom stereocenters. The summed E-state index contributed by atoms with van der Waals surface area (Å²) in [6, 6.07) is 9.95. The quantitative estimate of drug-likeness (QED) is 0.863. The number of piperidine rings is 1. The molecule has 0 aliphatic carbocycles. The Hall–Kier alpha value is -1.39. The molecule has 1 aromatic rings. The van der Waals surface area contributed by atoms with Gasteiger partial charge in [0.05, 0.1) is 7.11 Å². The van der Waals surface area contributed by atoms with Gasteiger partial charge in [0.15, 0.2) is 5.54 Å². The Morgan fingerprint density at radius 1 is 1.38 bits per heavy atom. The van der Waals surface area contributed by atoms with Gasteiger partial charge in [0.2, 0.25) is 0 Å². The standard InChI is InChI=1S/C17H26N2O2/c1-13-8-7-11-19(14(13)2)12-17(18,16(20)21-3)15-9-5-4-6-10-15/h4-6,9-10,13-14H,7-8,11-12,18H2,1-3H3. The number of nitrogens with two attached hydrogens (primary N) is 1. The Balaban J connectivity index is 2.27. The lowest BCUT2D eigenvalue weighted by atomic mass is 9.86. The van der Waals surface area contributed by atoms with Crippen LogP contribution in [0.2, 0.25) is 0 Å². The monoisotopic (exact) mass is 290 g/mol. The van der Waals surface area contributed by atoms with Gasteiger partial charge in [-0.05, 0) is 37.8 Å². The number of rotatable bonds is 4. The zero-order valence-electron chi connectivity index (χ0n) is 13.2. The molecule has 116 valence electrons. The highest BCUT2D eigenvalue weighted by molar-refractivity contribution is 5.82. The lowest BCUT2D eigenvalue weighted by molar-refractivity contribution is -0.149. The highest BCUT2D eigenvalue weighted by atomic mass is 16.5. The number of nitrogens with zero attached hydrogens (tertiary/aromatic N) is 1. The third-order valence-electron chi connectivity index (χ3n) is 4.80. The summed E-state index contributed by atoms with van der Waals surface area (Å²) in [5.41, 5.74) is 6.19. The average Bonchev–Trinajstić information content (AvgIpc) is 2.51. The van der Waals surface area contributed by atoms with Crippen molar-refractivity contribution in [2.24, 2.45) is 11.7 Å². The van der Waals surface area contributed by atoms with Crippen LogP contribution >= 0.6 is 0 Å². The predicted octanol–water partition coefficient (Wildman–Crippen LogP) is 2.13. The zero-order valence-corrected chi connectivity index (χ0v) is 13.2. The Kier molecular flexibility index (Phi) is 5.01. The van der Waals surface area contributed by atoms with Crippen molar-refractivity contribution in [1.82, 2.24) is 4.90 Å². The summed E-state index contributed by atoms with van der Waals surface area (Å²) in [6.45, 7) is 5.95. The summed E-state index contributed by atoms with van der Waals surface area (Å²) in [7, 11) is 1.40. The number of ether oxygens (including phenoxy) is 1.